The second kappa shape index (κ2) is 6.23. The lowest BCUT2D eigenvalue weighted by molar-refractivity contribution is -0.139. The van der Waals surface area contributed by atoms with Crippen LogP contribution < -0.4 is 11.3 Å². The van der Waals surface area contributed by atoms with Crippen LogP contribution in [0, 0.1) is 5.82 Å². The van der Waals surface area contributed by atoms with Crippen LogP contribution in [0.15, 0.2) is 11.2 Å². The van der Waals surface area contributed by atoms with Crippen molar-refractivity contribution in [1.82, 2.24) is 9.97 Å². The van der Waals surface area contributed by atoms with Gasteiger partial charge < -0.3 is 4.74 Å². The van der Waals surface area contributed by atoms with Crippen molar-refractivity contribution in [3.05, 3.63) is 12.0 Å². The van der Waals surface area contributed by atoms with E-state index in [1.54, 1.807) is 6.92 Å². The molecule has 1 aromatic heterocycles. The van der Waals surface area contributed by atoms with Crippen LogP contribution in [-0.4, -0.2) is 28.3 Å². The van der Waals surface area contributed by atoms with Gasteiger partial charge in [0.15, 0.2) is 5.82 Å². The van der Waals surface area contributed by atoms with Crippen LogP contribution in [-0.2, 0) is 9.53 Å². The molecule has 0 aliphatic rings. The van der Waals surface area contributed by atoms with E-state index < -0.39 is 11.8 Å². The van der Waals surface area contributed by atoms with Crippen LogP contribution in [0.25, 0.3) is 0 Å². The summed E-state index contributed by atoms with van der Waals surface area (Å²) in [5.41, 5.74) is 2.19. The Hall–Kier alpha value is -1.41. The highest BCUT2D eigenvalue weighted by Crippen LogP contribution is 2.19. The Morgan fingerprint density at radius 2 is 2.50 bits per heavy atom. The smallest absolute Gasteiger partial charge is 0.316 e. The summed E-state index contributed by atoms with van der Waals surface area (Å²) in [4.78, 5) is 18.4. The first-order valence-corrected chi connectivity index (χ1v) is 5.43. The summed E-state index contributed by atoms with van der Waals surface area (Å²) in [5.74, 6) is 4.13. The van der Waals surface area contributed by atoms with Gasteiger partial charge in [0.2, 0.25) is 5.95 Å². The summed E-state index contributed by atoms with van der Waals surface area (Å²) < 4.78 is 17.9. The Balaban J connectivity index is 2.62. The van der Waals surface area contributed by atoms with Crippen molar-refractivity contribution in [2.45, 2.75) is 11.9 Å². The van der Waals surface area contributed by atoms with Gasteiger partial charge in [-0.3, -0.25) is 10.2 Å². The molecule has 0 saturated carbocycles. The third-order valence-electron chi connectivity index (χ3n) is 1.47. The van der Waals surface area contributed by atoms with Crippen molar-refractivity contribution < 1.29 is 13.9 Å². The third-order valence-corrected chi connectivity index (χ3v) is 2.41. The number of aromatic nitrogens is 2. The van der Waals surface area contributed by atoms with Crippen molar-refractivity contribution in [1.29, 1.82) is 0 Å². The normalized spacial score (nSPS) is 9.94. The number of nitrogens with two attached hydrogens (primary N) is 1. The number of nitrogens with one attached hydrogen (secondary N) is 1. The fourth-order valence-corrected chi connectivity index (χ4v) is 1.53. The van der Waals surface area contributed by atoms with E-state index in [0.717, 1.165) is 18.0 Å². The molecule has 0 radical (unpaired) electrons. The number of halogens is 1. The molecule has 6 nitrogen and oxygen atoms in total. The number of hydrogen-bond donors (Lipinski definition) is 2. The van der Waals surface area contributed by atoms with E-state index in [4.69, 9.17) is 10.6 Å². The number of carbonyl (C=O) groups is 1. The number of nitrogen functional groups attached to an aromatic ring is 1. The molecule has 0 aliphatic carbocycles. The molecule has 0 atom stereocenters. The summed E-state index contributed by atoms with van der Waals surface area (Å²) in [6, 6.07) is 0. The van der Waals surface area contributed by atoms with Gasteiger partial charge >= 0.3 is 5.97 Å². The number of carbonyl (C=O) groups excluding carboxylic acids is 1. The van der Waals surface area contributed by atoms with Crippen molar-refractivity contribution >= 4 is 23.7 Å². The summed E-state index contributed by atoms with van der Waals surface area (Å²) >= 11 is 0.928. The standard InChI is InChI=1S/C8H11FN4O2S/c1-2-15-6(14)4-16-7-5(9)3-11-8(12-7)13-10/h3H,2,4,10H2,1H3,(H,11,12,13). The Labute approximate surface area is 95.8 Å². The highest BCUT2D eigenvalue weighted by Gasteiger charge is 2.10. The summed E-state index contributed by atoms with van der Waals surface area (Å²) in [7, 11) is 0. The molecule has 1 rings (SSSR count). The van der Waals surface area contributed by atoms with Crippen molar-refractivity contribution in [3.8, 4) is 0 Å². The molecule has 88 valence electrons. The minimum Gasteiger partial charge on any atom is -0.465 e. The van der Waals surface area contributed by atoms with E-state index in [9.17, 15) is 9.18 Å². The lowest BCUT2D eigenvalue weighted by atomic mass is 10.6. The number of rotatable bonds is 5. The summed E-state index contributed by atoms with van der Waals surface area (Å²) in [5, 5.41) is 0.0519. The number of thioether (sulfide) groups is 1. The van der Waals surface area contributed by atoms with Gasteiger partial charge in [-0.2, -0.15) is 0 Å². The number of ether oxygens (including phenoxy) is 1. The molecule has 1 heterocycles. The van der Waals surface area contributed by atoms with E-state index in [1.807, 2.05) is 0 Å². The van der Waals surface area contributed by atoms with E-state index in [1.165, 1.54) is 0 Å². The Morgan fingerprint density at radius 3 is 3.12 bits per heavy atom. The molecule has 0 aliphatic heterocycles. The average Bonchev–Trinajstić information content (AvgIpc) is 2.28. The maximum absolute atomic E-state index is 13.2. The van der Waals surface area contributed by atoms with Crippen LogP contribution in [0.3, 0.4) is 0 Å². The molecule has 1 aromatic rings. The second-order valence-electron chi connectivity index (χ2n) is 2.58. The highest BCUT2D eigenvalue weighted by molar-refractivity contribution is 7.99. The monoisotopic (exact) mass is 246 g/mol. The lowest BCUT2D eigenvalue weighted by Crippen LogP contribution is -2.12. The van der Waals surface area contributed by atoms with Gasteiger partial charge in [-0.1, -0.05) is 11.8 Å². The van der Waals surface area contributed by atoms with Crippen LogP contribution in [0.5, 0.6) is 0 Å². The van der Waals surface area contributed by atoms with Gasteiger partial charge in [-0.05, 0) is 6.92 Å². The van der Waals surface area contributed by atoms with Crippen LogP contribution in [0.4, 0.5) is 10.3 Å². The minimum absolute atomic E-state index is 0.00815. The first-order chi connectivity index (χ1) is 7.67. The second-order valence-corrected chi connectivity index (χ2v) is 3.55. The quantitative estimate of drug-likeness (QED) is 0.258. The van der Waals surface area contributed by atoms with Gasteiger partial charge in [-0.25, -0.2) is 20.2 Å². The average molecular weight is 246 g/mol. The van der Waals surface area contributed by atoms with E-state index in [2.05, 4.69) is 15.4 Å². The van der Waals surface area contributed by atoms with E-state index in [0.29, 0.717) is 6.61 Å². The van der Waals surface area contributed by atoms with Crippen molar-refractivity contribution in [2.24, 2.45) is 5.84 Å². The molecule has 0 saturated heterocycles. The summed E-state index contributed by atoms with van der Waals surface area (Å²) in [6.07, 6.45) is 0.982. The van der Waals surface area contributed by atoms with Gasteiger partial charge in [0.05, 0.1) is 18.6 Å². The first-order valence-electron chi connectivity index (χ1n) is 4.45. The lowest BCUT2D eigenvalue weighted by Gasteiger charge is -2.04. The highest BCUT2D eigenvalue weighted by atomic mass is 32.2. The van der Waals surface area contributed by atoms with Crippen LogP contribution in [0.1, 0.15) is 6.92 Å². The zero-order valence-electron chi connectivity index (χ0n) is 8.57. The maximum atomic E-state index is 13.2. The zero-order valence-corrected chi connectivity index (χ0v) is 9.38. The number of anilines is 1. The molecule has 0 bridgehead atoms. The predicted molar refractivity (Wildman–Crippen MR) is 57.2 cm³/mol. The molecule has 0 spiro atoms. The molecular weight excluding hydrogens is 235 g/mol. The number of hydrazine groups is 1. The molecule has 0 unspecified atom stereocenters. The molecule has 0 aromatic carbocycles. The number of hydrogen-bond acceptors (Lipinski definition) is 7. The van der Waals surface area contributed by atoms with Crippen molar-refractivity contribution in [3.63, 3.8) is 0 Å². The molecule has 0 fully saturated rings. The molecule has 0 amide bonds. The molecular formula is C8H11FN4O2S. The third kappa shape index (κ3) is 3.63. The van der Waals surface area contributed by atoms with Gasteiger partial charge in [0.25, 0.3) is 0 Å². The van der Waals surface area contributed by atoms with Gasteiger partial charge in [-0.15, -0.1) is 0 Å². The number of esters is 1. The van der Waals surface area contributed by atoms with Crippen LogP contribution >= 0.6 is 11.8 Å². The number of nitrogens with zero attached hydrogens (tertiary/aromatic N) is 2. The molecule has 16 heavy (non-hydrogen) atoms. The predicted octanol–water partition coefficient (Wildman–Crippen LogP) is 0.556. The largest absolute Gasteiger partial charge is 0.465 e. The maximum Gasteiger partial charge on any atom is 0.316 e. The van der Waals surface area contributed by atoms with Crippen molar-refractivity contribution in [2.75, 3.05) is 17.8 Å². The fraction of sp³-hybridized carbons (Fsp3) is 0.375. The Bertz CT molecular complexity index is 377. The Kier molecular flexibility index (Phi) is 4.93. The Morgan fingerprint density at radius 1 is 1.75 bits per heavy atom. The van der Waals surface area contributed by atoms with Crippen LogP contribution in [0.2, 0.25) is 0 Å². The first kappa shape index (κ1) is 12.7. The SMILES string of the molecule is CCOC(=O)CSc1nc(NN)ncc1F. The van der Waals surface area contributed by atoms with Gasteiger partial charge in [0.1, 0.15) is 5.03 Å². The fourth-order valence-electron chi connectivity index (χ4n) is 0.852. The van der Waals surface area contributed by atoms with E-state index >= 15 is 0 Å². The topological polar surface area (TPSA) is 90.1 Å². The van der Waals surface area contributed by atoms with Gasteiger partial charge in [0, 0.05) is 0 Å². The zero-order chi connectivity index (χ0) is 12.0. The minimum atomic E-state index is -0.603. The van der Waals surface area contributed by atoms with E-state index in [-0.39, 0.29) is 16.7 Å². The molecule has 8 heteroatoms. The summed E-state index contributed by atoms with van der Waals surface area (Å²) in [6.45, 7) is 1.99. The molecule has 3 N–H and O–H groups in total.